The zero-order valence-corrected chi connectivity index (χ0v) is 14.1. The highest BCUT2D eigenvalue weighted by molar-refractivity contribution is 5.89. The van der Waals surface area contributed by atoms with Crippen molar-refractivity contribution in [1.29, 1.82) is 5.26 Å². The summed E-state index contributed by atoms with van der Waals surface area (Å²) in [5.74, 6) is 0.434. The standard InChI is InChI=1S/C20H11F3N2O3/c21-20(22,23)16-5-1-4-14(9-16)19-8-7-18(28-19)11-15(12-24)13-3-2-6-17(10-13)25(26)27/h1-11H/b15-11-. The molecule has 0 saturated heterocycles. The Balaban J connectivity index is 1.94. The molecule has 2 aromatic carbocycles. The molecule has 0 N–H and O–H groups in total. The van der Waals surface area contributed by atoms with Crippen LogP contribution in [0.3, 0.4) is 0 Å². The number of alkyl halides is 3. The van der Waals surface area contributed by atoms with Crippen LogP contribution in [0.1, 0.15) is 16.9 Å². The van der Waals surface area contributed by atoms with Crippen molar-refractivity contribution in [1.82, 2.24) is 0 Å². The summed E-state index contributed by atoms with van der Waals surface area (Å²) in [5, 5.41) is 20.3. The number of nitriles is 1. The van der Waals surface area contributed by atoms with Crippen molar-refractivity contribution in [3.63, 3.8) is 0 Å². The summed E-state index contributed by atoms with van der Waals surface area (Å²) >= 11 is 0. The summed E-state index contributed by atoms with van der Waals surface area (Å²) in [4.78, 5) is 10.3. The third-order valence-corrected chi connectivity index (χ3v) is 3.88. The quantitative estimate of drug-likeness (QED) is 0.317. The number of furan rings is 1. The Morgan fingerprint density at radius 2 is 1.86 bits per heavy atom. The third kappa shape index (κ3) is 4.10. The van der Waals surface area contributed by atoms with Crippen molar-refractivity contribution >= 4 is 17.3 Å². The molecule has 0 unspecified atom stereocenters. The van der Waals surface area contributed by atoms with Crippen LogP contribution in [0.2, 0.25) is 0 Å². The minimum atomic E-state index is -4.47. The Labute approximate surface area is 157 Å². The highest BCUT2D eigenvalue weighted by Gasteiger charge is 2.30. The molecule has 3 rings (SSSR count). The van der Waals surface area contributed by atoms with Crippen LogP contribution in [-0.2, 0) is 6.18 Å². The van der Waals surface area contributed by atoms with Crippen LogP contribution in [0, 0.1) is 21.4 Å². The molecule has 28 heavy (non-hydrogen) atoms. The maximum absolute atomic E-state index is 12.9. The molecule has 0 saturated carbocycles. The Hall–Kier alpha value is -3.86. The van der Waals surface area contributed by atoms with E-state index in [0.29, 0.717) is 5.56 Å². The third-order valence-electron chi connectivity index (χ3n) is 3.88. The second-order valence-electron chi connectivity index (χ2n) is 5.76. The van der Waals surface area contributed by atoms with Gasteiger partial charge in [0.05, 0.1) is 22.1 Å². The maximum atomic E-state index is 12.9. The van der Waals surface area contributed by atoms with Gasteiger partial charge in [-0.15, -0.1) is 0 Å². The highest BCUT2D eigenvalue weighted by Crippen LogP contribution is 2.33. The predicted molar refractivity (Wildman–Crippen MR) is 95.7 cm³/mol. The van der Waals surface area contributed by atoms with Crippen LogP contribution in [-0.4, -0.2) is 4.92 Å². The van der Waals surface area contributed by atoms with Crippen LogP contribution >= 0.6 is 0 Å². The Morgan fingerprint density at radius 3 is 2.54 bits per heavy atom. The molecule has 0 atom stereocenters. The Bertz CT molecular complexity index is 1110. The van der Waals surface area contributed by atoms with Gasteiger partial charge in [0.2, 0.25) is 0 Å². The molecule has 8 heteroatoms. The number of nitro groups is 1. The fourth-order valence-electron chi connectivity index (χ4n) is 2.54. The number of rotatable bonds is 4. The number of halogens is 3. The lowest BCUT2D eigenvalue weighted by atomic mass is 10.1. The van der Waals surface area contributed by atoms with Crippen molar-refractivity contribution in [2.45, 2.75) is 6.18 Å². The van der Waals surface area contributed by atoms with Gasteiger partial charge in [-0.05, 0) is 35.9 Å². The molecule has 3 aromatic rings. The minimum absolute atomic E-state index is 0.119. The van der Waals surface area contributed by atoms with Crippen molar-refractivity contribution in [2.24, 2.45) is 0 Å². The summed E-state index contributed by atoms with van der Waals surface area (Å²) in [6, 6.07) is 15.2. The predicted octanol–water partition coefficient (Wildman–Crippen LogP) is 5.94. The fraction of sp³-hybridized carbons (Fsp3) is 0.0500. The van der Waals surface area contributed by atoms with Gasteiger partial charge in [-0.1, -0.05) is 24.3 Å². The number of benzene rings is 2. The Kier molecular flexibility index (Phi) is 5.00. The Morgan fingerprint density at radius 1 is 1.11 bits per heavy atom. The number of nitrogens with zero attached hydrogens (tertiary/aromatic N) is 2. The van der Waals surface area contributed by atoms with Crippen molar-refractivity contribution in [3.8, 4) is 17.4 Å². The molecule has 0 spiro atoms. The van der Waals surface area contributed by atoms with E-state index in [4.69, 9.17) is 4.42 Å². The van der Waals surface area contributed by atoms with Gasteiger partial charge in [-0.3, -0.25) is 10.1 Å². The van der Waals surface area contributed by atoms with E-state index in [1.165, 1.54) is 48.5 Å². The average molecular weight is 384 g/mol. The summed E-state index contributed by atoms with van der Waals surface area (Å²) in [6.07, 6.45) is -3.10. The second kappa shape index (κ2) is 7.40. The molecule has 0 bridgehead atoms. The van der Waals surface area contributed by atoms with Gasteiger partial charge in [-0.25, -0.2) is 0 Å². The molecular formula is C20H11F3N2O3. The zero-order chi connectivity index (χ0) is 20.3. The molecule has 140 valence electrons. The van der Waals surface area contributed by atoms with Crippen LogP contribution in [0.15, 0.2) is 65.1 Å². The topological polar surface area (TPSA) is 80.1 Å². The van der Waals surface area contributed by atoms with Gasteiger partial charge in [0, 0.05) is 17.7 Å². The normalized spacial score (nSPS) is 11.9. The lowest BCUT2D eigenvalue weighted by molar-refractivity contribution is -0.384. The van der Waals surface area contributed by atoms with Gasteiger partial charge in [0.15, 0.2) is 0 Å². The van der Waals surface area contributed by atoms with Gasteiger partial charge >= 0.3 is 6.18 Å². The average Bonchev–Trinajstić information content (AvgIpc) is 3.14. The first-order chi connectivity index (χ1) is 13.3. The van der Waals surface area contributed by atoms with Crippen molar-refractivity contribution < 1.29 is 22.5 Å². The molecule has 0 aliphatic carbocycles. The smallest absolute Gasteiger partial charge is 0.416 e. The van der Waals surface area contributed by atoms with Crippen LogP contribution in [0.25, 0.3) is 23.0 Å². The van der Waals surface area contributed by atoms with Gasteiger partial charge in [0.1, 0.15) is 11.5 Å². The van der Waals surface area contributed by atoms with Gasteiger partial charge in [0.25, 0.3) is 5.69 Å². The molecule has 0 amide bonds. The summed E-state index contributed by atoms with van der Waals surface area (Å²) in [5.41, 5.74) is -0.277. The zero-order valence-electron chi connectivity index (χ0n) is 14.1. The maximum Gasteiger partial charge on any atom is 0.416 e. The van der Waals surface area contributed by atoms with Crippen molar-refractivity contribution in [3.05, 3.63) is 87.7 Å². The molecule has 5 nitrogen and oxygen atoms in total. The van der Waals surface area contributed by atoms with Crippen LogP contribution in [0.4, 0.5) is 18.9 Å². The van der Waals surface area contributed by atoms with Gasteiger partial charge in [-0.2, -0.15) is 18.4 Å². The lowest BCUT2D eigenvalue weighted by Gasteiger charge is -2.07. The molecular weight excluding hydrogens is 373 g/mol. The number of non-ortho nitro benzene ring substituents is 1. The number of nitro benzene ring substituents is 1. The van der Waals surface area contributed by atoms with E-state index in [-0.39, 0.29) is 28.3 Å². The number of allylic oxidation sites excluding steroid dienone is 1. The molecule has 0 fully saturated rings. The highest BCUT2D eigenvalue weighted by atomic mass is 19.4. The molecule has 0 aliphatic heterocycles. The van der Waals surface area contributed by atoms with E-state index in [9.17, 15) is 28.5 Å². The van der Waals surface area contributed by atoms with E-state index in [1.54, 1.807) is 6.07 Å². The summed E-state index contributed by atoms with van der Waals surface area (Å²) in [7, 11) is 0. The first-order valence-corrected chi connectivity index (χ1v) is 7.92. The van der Waals surface area contributed by atoms with E-state index < -0.39 is 16.7 Å². The lowest BCUT2D eigenvalue weighted by Crippen LogP contribution is -2.04. The summed E-state index contributed by atoms with van der Waals surface area (Å²) in [6.45, 7) is 0. The minimum Gasteiger partial charge on any atom is -0.457 e. The molecule has 1 aromatic heterocycles. The first-order valence-electron chi connectivity index (χ1n) is 7.92. The van der Waals surface area contributed by atoms with Crippen LogP contribution in [0.5, 0.6) is 0 Å². The first kappa shape index (κ1) is 18.9. The van der Waals surface area contributed by atoms with E-state index in [1.807, 2.05) is 6.07 Å². The van der Waals surface area contributed by atoms with E-state index in [2.05, 4.69) is 0 Å². The number of hydrogen-bond acceptors (Lipinski definition) is 4. The summed E-state index contributed by atoms with van der Waals surface area (Å²) < 4.78 is 44.1. The SMILES string of the molecule is N#C/C(=C/c1ccc(-c2cccc(C(F)(F)F)c2)o1)c1cccc([N+](=O)[O-])c1. The van der Waals surface area contributed by atoms with E-state index >= 15 is 0 Å². The monoisotopic (exact) mass is 384 g/mol. The molecule has 1 heterocycles. The van der Waals surface area contributed by atoms with Gasteiger partial charge < -0.3 is 4.42 Å². The molecule has 0 radical (unpaired) electrons. The second-order valence-corrected chi connectivity index (χ2v) is 5.76. The number of hydrogen-bond donors (Lipinski definition) is 0. The van der Waals surface area contributed by atoms with Crippen LogP contribution < -0.4 is 0 Å². The molecule has 0 aliphatic rings. The fourth-order valence-corrected chi connectivity index (χ4v) is 2.54. The largest absolute Gasteiger partial charge is 0.457 e. The van der Waals surface area contributed by atoms with Crippen molar-refractivity contribution in [2.75, 3.05) is 0 Å². The van der Waals surface area contributed by atoms with E-state index in [0.717, 1.165) is 12.1 Å².